The van der Waals surface area contributed by atoms with Crippen molar-refractivity contribution in [2.75, 3.05) is 27.7 Å². The molecule has 3 aromatic rings. The van der Waals surface area contributed by atoms with Gasteiger partial charge in [-0.25, -0.2) is 9.37 Å². The zero-order chi connectivity index (χ0) is 25.7. The highest BCUT2D eigenvalue weighted by Crippen LogP contribution is 2.32. The van der Waals surface area contributed by atoms with Gasteiger partial charge >= 0.3 is 0 Å². The van der Waals surface area contributed by atoms with Crippen LogP contribution in [0.3, 0.4) is 0 Å². The smallest absolute Gasteiger partial charge is 0.136 e. The SMILES string of the molecule is CN=C(C)/C(CCOc1cc(F)ccc1-c1ccc2ncc(CN(C)C)n2c1)=C(\N)C(O)C(C)C. The molecule has 3 rings (SSSR count). The van der Waals surface area contributed by atoms with Crippen LogP contribution in [-0.4, -0.2) is 59.0 Å². The van der Waals surface area contributed by atoms with Crippen LogP contribution in [-0.2, 0) is 6.54 Å². The number of nitrogens with two attached hydrogens (primary N) is 1. The minimum atomic E-state index is -0.773. The minimum Gasteiger partial charge on any atom is -0.492 e. The fourth-order valence-electron chi connectivity index (χ4n) is 3.96. The molecule has 2 heterocycles. The van der Waals surface area contributed by atoms with Crippen LogP contribution >= 0.6 is 0 Å². The molecule has 0 saturated heterocycles. The normalized spacial score (nSPS) is 14.1. The zero-order valence-corrected chi connectivity index (χ0v) is 21.4. The molecule has 0 spiro atoms. The lowest BCUT2D eigenvalue weighted by Crippen LogP contribution is -2.27. The molecule has 0 bridgehead atoms. The van der Waals surface area contributed by atoms with Gasteiger partial charge in [0.05, 0.1) is 24.6 Å². The Kier molecular flexibility index (Phi) is 8.64. The van der Waals surface area contributed by atoms with Crippen LogP contribution in [0.25, 0.3) is 16.8 Å². The lowest BCUT2D eigenvalue weighted by Gasteiger charge is -2.20. The number of aliphatic hydroxyl groups excluding tert-OH is 1. The Hall–Kier alpha value is -3.23. The van der Waals surface area contributed by atoms with Crippen molar-refractivity contribution in [1.29, 1.82) is 0 Å². The highest BCUT2D eigenvalue weighted by molar-refractivity contribution is 5.98. The van der Waals surface area contributed by atoms with Crippen LogP contribution in [0.15, 0.2) is 59.0 Å². The highest BCUT2D eigenvalue weighted by Gasteiger charge is 2.19. The Labute approximate surface area is 206 Å². The molecule has 7 nitrogen and oxygen atoms in total. The number of aliphatic imine (C=N–C) groups is 1. The Bertz CT molecular complexity index is 1230. The van der Waals surface area contributed by atoms with Crippen molar-refractivity contribution in [3.63, 3.8) is 0 Å². The van der Waals surface area contributed by atoms with E-state index in [0.29, 0.717) is 17.9 Å². The number of hydrogen-bond acceptors (Lipinski definition) is 6. The maximum atomic E-state index is 14.2. The number of pyridine rings is 1. The Morgan fingerprint density at radius 3 is 2.66 bits per heavy atom. The molecular formula is C27H36FN5O2. The van der Waals surface area contributed by atoms with E-state index in [2.05, 4.69) is 14.9 Å². The molecule has 0 aliphatic carbocycles. The fourth-order valence-corrected chi connectivity index (χ4v) is 3.96. The average Bonchev–Trinajstić information content (AvgIpc) is 3.21. The summed E-state index contributed by atoms with van der Waals surface area (Å²) in [6.45, 7) is 6.67. The maximum Gasteiger partial charge on any atom is 0.136 e. The molecule has 35 heavy (non-hydrogen) atoms. The maximum absolute atomic E-state index is 14.2. The van der Waals surface area contributed by atoms with Crippen molar-refractivity contribution in [1.82, 2.24) is 14.3 Å². The number of halogens is 1. The largest absolute Gasteiger partial charge is 0.492 e. The minimum absolute atomic E-state index is 0.0270. The van der Waals surface area contributed by atoms with E-state index in [9.17, 15) is 9.50 Å². The van der Waals surface area contributed by atoms with Crippen LogP contribution in [0.2, 0.25) is 0 Å². The first-order chi connectivity index (χ1) is 16.6. The summed E-state index contributed by atoms with van der Waals surface area (Å²) >= 11 is 0. The summed E-state index contributed by atoms with van der Waals surface area (Å²) in [4.78, 5) is 10.8. The molecule has 1 aromatic carbocycles. The van der Waals surface area contributed by atoms with Gasteiger partial charge in [-0.3, -0.25) is 4.99 Å². The lowest BCUT2D eigenvalue weighted by molar-refractivity contribution is 0.157. The van der Waals surface area contributed by atoms with Gasteiger partial charge in [0, 0.05) is 54.8 Å². The molecule has 0 aliphatic rings. The van der Waals surface area contributed by atoms with Crippen molar-refractivity contribution in [3.8, 4) is 16.9 Å². The van der Waals surface area contributed by atoms with Gasteiger partial charge in [0.25, 0.3) is 0 Å². The molecule has 3 N–H and O–H groups in total. The van der Waals surface area contributed by atoms with E-state index in [0.717, 1.165) is 40.3 Å². The van der Waals surface area contributed by atoms with Crippen LogP contribution in [0, 0.1) is 11.7 Å². The number of nitrogens with zero attached hydrogens (tertiary/aromatic N) is 4. The van der Waals surface area contributed by atoms with Crippen LogP contribution in [0.4, 0.5) is 4.39 Å². The first-order valence-electron chi connectivity index (χ1n) is 11.8. The number of aromatic nitrogens is 2. The van der Waals surface area contributed by atoms with Crippen molar-refractivity contribution in [3.05, 3.63) is 65.5 Å². The average molecular weight is 482 g/mol. The molecule has 2 aromatic heterocycles. The third-order valence-corrected chi connectivity index (χ3v) is 6.00. The highest BCUT2D eigenvalue weighted by atomic mass is 19.1. The van der Waals surface area contributed by atoms with E-state index in [1.54, 1.807) is 13.1 Å². The predicted octanol–water partition coefficient (Wildman–Crippen LogP) is 4.29. The molecule has 1 atom stereocenters. The van der Waals surface area contributed by atoms with Crippen molar-refractivity contribution < 1.29 is 14.2 Å². The summed E-state index contributed by atoms with van der Waals surface area (Å²) in [5.41, 5.74) is 11.7. The van der Waals surface area contributed by atoms with E-state index < -0.39 is 6.10 Å². The molecule has 0 aliphatic heterocycles. The van der Waals surface area contributed by atoms with Gasteiger partial charge < -0.3 is 24.9 Å². The van der Waals surface area contributed by atoms with E-state index in [-0.39, 0.29) is 18.3 Å². The number of aliphatic hydroxyl groups is 1. The monoisotopic (exact) mass is 481 g/mol. The predicted molar refractivity (Wildman–Crippen MR) is 139 cm³/mol. The third-order valence-electron chi connectivity index (χ3n) is 6.00. The number of rotatable bonds is 10. The Morgan fingerprint density at radius 1 is 1.26 bits per heavy atom. The number of fused-ring (bicyclic) bond motifs is 1. The molecule has 8 heteroatoms. The van der Waals surface area contributed by atoms with E-state index in [4.69, 9.17) is 10.5 Å². The van der Waals surface area contributed by atoms with Gasteiger partial charge in [-0.15, -0.1) is 0 Å². The van der Waals surface area contributed by atoms with Gasteiger partial charge in [-0.05, 0) is 56.8 Å². The second-order valence-corrected chi connectivity index (χ2v) is 9.30. The molecule has 0 saturated carbocycles. The second-order valence-electron chi connectivity index (χ2n) is 9.30. The number of benzene rings is 1. The summed E-state index contributed by atoms with van der Waals surface area (Å²) in [6.07, 6.45) is 3.52. The van der Waals surface area contributed by atoms with Crippen molar-refractivity contribution in [2.24, 2.45) is 16.6 Å². The first-order valence-corrected chi connectivity index (χ1v) is 11.8. The van der Waals surface area contributed by atoms with Gasteiger partial charge in [0.1, 0.15) is 17.2 Å². The fraction of sp³-hybridized carbons (Fsp3) is 0.407. The van der Waals surface area contributed by atoms with Crippen molar-refractivity contribution in [2.45, 2.75) is 39.8 Å². The van der Waals surface area contributed by atoms with Gasteiger partial charge in [-0.1, -0.05) is 13.8 Å². The summed E-state index contributed by atoms with van der Waals surface area (Å²) in [6, 6.07) is 8.44. The first kappa shape index (κ1) is 26.4. The molecular weight excluding hydrogens is 445 g/mol. The molecule has 1 unspecified atom stereocenters. The molecule has 0 fully saturated rings. The van der Waals surface area contributed by atoms with E-state index in [1.165, 1.54) is 12.1 Å². The molecule has 0 amide bonds. The number of ether oxygens (including phenoxy) is 1. The molecule has 0 radical (unpaired) electrons. The number of imidazole rings is 1. The summed E-state index contributed by atoms with van der Waals surface area (Å²) in [5, 5.41) is 10.5. The quantitative estimate of drug-likeness (QED) is 0.422. The zero-order valence-electron chi connectivity index (χ0n) is 21.4. The summed E-state index contributed by atoms with van der Waals surface area (Å²) < 4.78 is 22.3. The van der Waals surface area contributed by atoms with Crippen LogP contribution in [0.5, 0.6) is 5.75 Å². The molecule has 188 valence electrons. The lowest BCUT2D eigenvalue weighted by atomic mass is 9.97. The second kappa shape index (κ2) is 11.5. The van der Waals surface area contributed by atoms with Gasteiger partial charge in [-0.2, -0.15) is 0 Å². The van der Waals surface area contributed by atoms with Gasteiger partial charge in [0.15, 0.2) is 0 Å². The third kappa shape index (κ3) is 6.26. The Balaban J connectivity index is 1.90. The standard InChI is InChI=1S/C27H36FN5O2/c1-17(2)27(34)26(29)22(18(3)30-4)11-12-35-24-13-20(28)8-9-23(24)19-7-10-25-31-14-21(16-32(5)6)33(25)15-19/h7-10,13-15,17,27,34H,11-12,16,29H2,1-6H3/b26-22-,30-18?. The topological polar surface area (TPSA) is 88.4 Å². The number of hydrogen-bond donors (Lipinski definition) is 2. The van der Waals surface area contributed by atoms with Crippen LogP contribution in [0.1, 0.15) is 32.9 Å². The van der Waals surface area contributed by atoms with E-state index in [1.807, 2.05) is 63.8 Å². The summed E-state index contributed by atoms with van der Waals surface area (Å²) in [7, 11) is 5.71. The van der Waals surface area contributed by atoms with E-state index >= 15 is 0 Å². The summed E-state index contributed by atoms with van der Waals surface area (Å²) in [5.74, 6) is 0.0329. The Morgan fingerprint density at radius 2 is 2.00 bits per heavy atom. The van der Waals surface area contributed by atoms with Gasteiger partial charge in [0.2, 0.25) is 0 Å². The van der Waals surface area contributed by atoms with Crippen LogP contribution < -0.4 is 10.5 Å². The van der Waals surface area contributed by atoms with Crippen molar-refractivity contribution >= 4 is 11.4 Å².